The van der Waals surface area contributed by atoms with Crippen molar-refractivity contribution in [1.29, 1.82) is 0 Å². The number of benzene rings is 2. The summed E-state index contributed by atoms with van der Waals surface area (Å²) in [6.07, 6.45) is 1.06. The number of sulfonamides is 1. The number of phenolic OH excluding ortho intramolecular Hbond substituents is 1. The van der Waals surface area contributed by atoms with Crippen LogP contribution in [0.15, 0.2) is 53.7 Å². The number of nitrogens with zero attached hydrogens (tertiary/aromatic N) is 4. The molecule has 2 N–H and O–H groups in total. The molecule has 0 amide bonds. The van der Waals surface area contributed by atoms with Crippen LogP contribution in [0.25, 0.3) is 5.69 Å². The molecule has 0 fully saturated rings. The molecule has 0 atom stereocenters. The van der Waals surface area contributed by atoms with Crippen molar-refractivity contribution in [2.45, 2.75) is 5.16 Å². The Bertz CT molecular complexity index is 1050. The first-order valence-electron chi connectivity index (χ1n) is 7.63. The Kier molecular flexibility index (Phi) is 5.42. The Labute approximate surface area is 159 Å². The van der Waals surface area contributed by atoms with Crippen molar-refractivity contribution in [1.82, 2.24) is 20.2 Å². The molecule has 9 nitrogen and oxygen atoms in total. The molecule has 0 aliphatic heterocycles. The largest absolute Gasteiger partial charge is 0.508 e. The first-order valence-corrected chi connectivity index (χ1v) is 10.5. The van der Waals surface area contributed by atoms with Gasteiger partial charge in [-0.15, -0.1) is 5.10 Å². The van der Waals surface area contributed by atoms with Crippen LogP contribution in [0.3, 0.4) is 0 Å². The minimum absolute atomic E-state index is 0.108. The van der Waals surface area contributed by atoms with Gasteiger partial charge in [-0.3, -0.25) is 9.52 Å². The number of aromatic hydroxyl groups is 1. The first kappa shape index (κ1) is 18.9. The topological polar surface area (TPSA) is 127 Å². The van der Waals surface area contributed by atoms with Gasteiger partial charge in [0.25, 0.3) is 0 Å². The highest BCUT2D eigenvalue weighted by Gasteiger charge is 2.13. The van der Waals surface area contributed by atoms with E-state index in [1.54, 1.807) is 24.3 Å². The lowest BCUT2D eigenvalue weighted by Crippen LogP contribution is -2.10. The van der Waals surface area contributed by atoms with Crippen LogP contribution in [0.4, 0.5) is 5.69 Å². The molecule has 0 saturated carbocycles. The second-order valence-corrected chi connectivity index (χ2v) is 8.24. The fourth-order valence-corrected chi connectivity index (χ4v) is 3.53. The van der Waals surface area contributed by atoms with Gasteiger partial charge < -0.3 is 5.11 Å². The maximum Gasteiger partial charge on any atom is 0.229 e. The lowest BCUT2D eigenvalue weighted by Gasteiger charge is -2.06. The SMILES string of the molecule is CS(=O)(=O)Nc1ccc(C(=O)CSc2nnnn2-c2ccc(O)cc2)cc1. The van der Waals surface area contributed by atoms with E-state index in [0.717, 1.165) is 6.26 Å². The fraction of sp³-hybridized carbons (Fsp3) is 0.125. The minimum Gasteiger partial charge on any atom is -0.508 e. The van der Waals surface area contributed by atoms with Gasteiger partial charge in [0, 0.05) is 11.3 Å². The van der Waals surface area contributed by atoms with E-state index in [2.05, 4.69) is 20.2 Å². The molecular formula is C16H15N5O4S2. The van der Waals surface area contributed by atoms with Crippen molar-refractivity contribution >= 4 is 33.3 Å². The maximum atomic E-state index is 12.4. The van der Waals surface area contributed by atoms with E-state index in [0.29, 0.717) is 22.1 Å². The summed E-state index contributed by atoms with van der Waals surface area (Å²) in [6, 6.07) is 12.5. The minimum atomic E-state index is -3.36. The number of tetrazole rings is 1. The Morgan fingerprint density at radius 3 is 2.44 bits per heavy atom. The van der Waals surface area contributed by atoms with Crippen molar-refractivity contribution in [3.8, 4) is 11.4 Å². The predicted octanol–water partition coefficient (Wildman–Crippen LogP) is 1.71. The molecule has 0 spiro atoms. The Morgan fingerprint density at radius 1 is 1.15 bits per heavy atom. The average Bonchev–Trinajstić information content (AvgIpc) is 3.08. The quantitative estimate of drug-likeness (QED) is 0.449. The number of thioether (sulfide) groups is 1. The molecule has 0 radical (unpaired) electrons. The van der Waals surface area contributed by atoms with Gasteiger partial charge in [0.2, 0.25) is 15.2 Å². The van der Waals surface area contributed by atoms with Gasteiger partial charge in [0.05, 0.1) is 17.7 Å². The smallest absolute Gasteiger partial charge is 0.229 e. The number of anilines is 1. The molecule has 1 heterocycles. The molecule has 0 unspecified atom stereocenters. The maximum absolute atomic E-state index is 12.4. The van der Waals surface area contributed by atoms with E-state index in [9.17, 15) is 18.3 Å². The second-order valence-electron chi connectivity index (χ2n) is 5.55. The van der Waals surface area contributed by atoms with Crippen LogP contribution >= 0.6 is 11.8 Å². The van der Waals surface area contributed by atoms with Gasteiger partial charge in [0.15, 0.2) is 5.78 Å². The third kappa shape index (κ3) is 5.05. The van der Waals surface area contributed by atoms with Gasteiger partial charge in [-0.1, -0.05) is 11.8 Å². The number of aromatic nitrogens is 4. The molecule has 0 bridgehead atoms. The lowest BCUT2D eigenvalue weighted by molar-refractivity contribution is 0.102. The van der Waals surface area contributed by atoms with Crippen molar-refractivity contribution in [2.24, 2.45) is 0 Å². The Hall–Kier alpha value is -2.92. The summed E-state index contributed by atoms with van der Waals surface area (Å²) in [7, 11) is -3.36. The van der Waals surface area contributed by atoms with E-state index in [4.69, 9.17) is 0 Å². The van der Waals surface area contributed by atoms with E-state index >= 15 is 0 Å². The normalized spacial score (nSPS) is 11.3. The molecule has 3 aromatic rings. The van der Waals surface area contributed by atoms with Gasteiger partial charge >= 0.3 is 0 Å². The van der Waals surface area contributed by atoms with Crippen LogP contribution in [0.5, 0.6) is 5.75 Å². The summed E-state index contributed by atoms with van der Waals surface area (Å²) in [6.45, 7) is 0. The van der Waals surface area contributed by atoms with Crippen molar-refractivity contribution in [3.63, 3.8) is 0 Å². The predicted molar refractivity (Wildman–Crippen MR) is 101 cm³/mol. The summed E-state index contributed by atoms with van der Waals surface area (Å²) >= 11 is 1.17. The summed E-state index contributed by atoms with van der Waals surface area (Å²) < 4.78 is 26.2. The summed E-state index contributed by atoms with van der Waals surface area (Å²) in [4.78, 5) is 12.4. The Morgan fingerprint density at radius 2 is 1.81 bits per heavy atom. The monoisotopic (exact) mass is 405 g/mol. The standard InChI is InChI=1S/C16H15N5O4S2/c1-27(24,25)18-12-4-2-11(3-5-12)15(23)10-26-16-17-19-20-21(16)13-6-8-14(22)9-7-13/h2-9,18,22H,10H2,1H3. The molecule has 0 aliphatic rings. The number of hydrogen-bond acceptors (Lipinski definition) is 8. The summed E-state index contributed by atoms with van der Waals surface area (Å²) in [5.41, 5.74) is 1.49. The highest BCUT2D eigenvalue weighted by atomic mass is 32.2. The van der Waals surface area contributed by atoms with Crippen molar-refractivity contribution in [3.05, 3.63) is 54.1 Å². The molecule has 0 saturated heterocycles. The van der Waals surface area contributed by atoms with Crippen LogP contribution < -0.4 is 4.72 Å². The van der Waals surface area contributed by atoms with Gasteiger partial charge in [-0.25, -0.2) is 8.42 Å². The molecule has 1 aromatic heterocycles. The zero-order chi connectivity index (χ0) is 19.4. The molecule has 140 valence electrons. The zero-order valence-electron chi connectivity index (χ0n) is 14.1. The van der Waals surface area contributed by atoms with E-state index in [-0.39, 0.29) is 17.3 Å². The third-order valence-corrected chi connectivity index (χ3v) is 4.90. The number of Topliss-reactive ketones (excluding diaryl/α,β-unsaturated/α-hetero) is 1. The number of ketones is 1. The van der Waals surface area contributed by atoms with Crippen LogP contribution in [-0.2, 0) is 10.0 Å². The van der Waals surface area contributed by atoms with Crippen LogP contribution in [0.1, 0.15) is 10.4 Å². The highest BCUT2D eigenvalue weighted by molar-refractivity contribution is 7.99. The number of rotatable bonds is 7. The Balaban J connectivity index is 1.66. The first-order chi connectivity index (χ1) is 12.8. The van der Waals surface area contributed by atoms with Crippen molar-refractivity contribution in [2.75, 3.05) is 16.7 Å². The summed E-state index contributed by atoms with van der Waals surface area (Å²) in [5, 5.41) is 21.2. The van der Waals surface area contributed by atoms with E-state index in [1.807, 2.05) is 0 Å². The van der Waals surface area contributed by atoms with E-state index < -0.39 is 10.0 Å². The number of hydrogen-bond donors (Lipinski definition) is 2. The second kappa shape index (κ2) is 7.76. The molecule has 3 rings (SSSR count). The number of carbonyl (C=O) groups excluding carboxylic acids is 1. The van der Waals surface area contributed by atoms with Crippen LogP contribution in [0, 0.1) is 0 Å². The third-order valence-electron chi connectivity index (χ3n) is 3.38. The highest BCUT2D eigenvalue weighted by Crippen LogP contribution is 2.21. The molecular weight excluding hydrogens is 390 g/mol. The van der Waals surface area contributed by atoms with Gasteiger partial charge in [-0.05, 0) is 59.0 Å². The van der Waals surface area contributed by atoms with Crippen molar-refractivity contribution < 1.29 is 18.3 Å². The van der Waals surface area contributed by atoms with E-state index in [1.165, 1.54) is 40.7 Å². The van der Waals surface area contributed by atoms with Crippen LogP contribution in [0.2, 0.25) is 0 Å². The average molecular weight is 405 g/mol. The molecule has 2 aromatic carbocycles. The molecule has 27 heavy (non-hydrogen) atoms. The number of carbonyl (C=O) groups is 1. The molecule has 11 heteroatoms. The fourth-order valence-electron chi connectivity index (χ4n) is 2.18. The van der Waals surface area contributed by atoms with Gasteiger partial charge in [0.1, 0.15) is 5.75 Å². The van der Waals surface area contributed by atoms with Crippen LogP contribution in [-0.4, -0.2) is 51.5 Å². The zero-order valence-corrected chi connectivity index (χ0v) is 15.7. The number of phenols is 1. The molecule has 0 aliphatic carbocycles. The summed E-state index contributed by atoms with van der Waals surface area (Å²) in [5.74, 6) is 0.0910. The number of nitrogens with one attached hydrogen (secondary N) is 1. The lowest BCUT2D eigenvalue weighted by atomic mass is 10.1. The van der Waals surface area contributed by atoms with Gasteiger partial charge in [-0.2, -0.15) is 4.68 Å².